The van der Waals surface area contributed by atoms with Gasteiger partial charge in [0.15, 0.2) is 0 Å². The van der Waals surface area contributed by atoms with Gasteiger partial charge in [-0.3, -0.25) is 0 Å². The summed E-state index contributed by atoms with van der Waals surface area (Å²) in [7, 11) is 0. The number of hydrogen-bond donors (Lipinski definition) is 0. The van der Waals surface area contributed by atoms with E-state index >= 15 is 0 Å². The molecule has 4 heteroatoms. The first-order valence-corrected chi connectivity index (χ1v) is 22.1. The fourth-order valence-corrected chi connectivity index (χ4v) is 10.6. The summed E-state index contributed by atoms with van der Waals surface area (Å²) in [5.41, 5.74) is 21.9. The quantitative estimate of drug-likeness (QED) is 0.166. The first-order valence-electron chi connectivity index (χ1n) is 22.1. The summed E-state index contributed by atoms with van der Waals surface area (Å²) in [4.78, 5) is 5.11. The Balaban J connectivity index is 1.28. The molecule has 1 aromatic heterocycles. The number of rotatable bonds is 4. The minimum atomic E-state index is -0.125. The van der Waals surface area contributed by atoms with Crippen molar-refractivity contribution in [1.82, 2.24) is 0 Å². The summed E-state index contributed by atoms with van der Waals surface area (Å²) in [6, 6.07) is 56.6. The van der Waals surface area contributed by atoms with Gasteiger partial charge in [-0.05, 0) is 140 Å². The zero-order chi connectivity index (χ0) is 42.0. The molecule has 300 valence electrons. The molecule has 0 spiro atoms. The van der Waals surface area contributed by atoms with Crippen LogP contribution in [0.1, 0.15) is 83.6 Å². The van der Waals surface area contributed by atoms with Crippen LogP contribution in [0.3, 0.4) is 0 Å². The summed E-state index contributed by atoms with van der Waals surface area (Å²) >= 11 is 0. The zero-order valence-electron chi connectivity index (χ0n) is 36.7. The molecule has 3 nitrogen and oxygen atoms in total. The van der Waals surface area contributed by atoms with Crippen LogP contribution in [0.2, 0.25) is 0 Å². The van der Waals surface area contributed by atoms with Gasteiger partial charge in [-0.2, -0.15) is 0 Å². The van der Waals surface area contributed by atoms with Crippen LogP contribution in [0.25, 0.3) is 33.2 Å². The van der Waals surface area contributed by atoms with E-state index in [-0.39, 0.29) is 23.0 Å². The third-order valence-corrected chi connectivity index (χ3v) is 14.1. The molecule has 0 amide bonds. The van der Waals surface area contributed by atoms with Crippen molar-refractivity contribution in [3.63, 3.8) is 0 Å². The van der Waals surface area contributed by atoms with Crippen molar-refractivity contribution in [1.29, 1.82) is 0 Å². The summed E-state index contributed by atoms with van der Waals surface area (Å²) in [6.07, 6.45) is 2.29. The zero-order valence-corrected chi connectivity index (χ0v) is 36.7. The third kappa shape index (κ3) is 5.86. The Kier molecular flexibility index (Phi) is 8.27. The monoisotopic (exact) mass is 792 g/mol. The Labute approximate surface area is 361 Å². The van der Waals surface area contributed by atoms with Crippen LogP contribution in [-0.4, -0.2) is 6.71 Å². The van der Waals surface area contributed by atoms with Crippen LogP contribution < -0.4 is 26.4 Å². The van der Waals surface area contributed by atoms with Gasteiger partial charge in [-0.15, -0.1) is 0 Å². The lowest BCUT2D eigenvalue weighted by molar-refractivity contribution is 0.332. The molecule has 3 aliphatic rings. The Bertz CT molecular complexity index is 3030. The van der Waals surface area contributed by atoms with E-state index in [1.165, 1.54) is 78.2 Å². The van der Waals surface area contributed by atoms with Crippen LogP contribution in [0.15, 0.2) is 156 Å². The van der Waals surface area contributed by atoms with Gasteiger partial charge >= 0.3 is 0 Å². The molecule has 0 atom stereocenters. The number of para-hydroxylation sites is 1. The van der Waals surface area contributed by atoms with Crippen molar-refractivity contribution < 1.29 is 4.42 Å². The number of nitrogens with zero attached hydrogens (tertiary/aromatic N) is 2. The second-order valence-electron chi connectivity index (χ2n) is 20.1. The Morgan fingerprint density at radius 2 is 1.16 bits per heavy atom. The van der Waals surface area contributed by atoms with Crippen molar-refractivity contribution in [3.05, 3.63) is 174 Å². The summed E-state index contributed by atoms with van der Waals surface area (Å²) in [5.74, 6) is 0. The van der Waals surface area contributed by atoms with E-state index in [1.54, 1.807) is 0 Å². The average Bonchev–Trinajstić information content (AvgIpc) is 3.63. The molecule has 0 saturated heterocycles. The van der Waals surface area contributed by atoms with Crippen molar-refractivity contribution in [2.24, 2.45) is 0 Å². The van der Waals surface area contributed by atoms with Crippen LogP contribution in [0.4, 0.5) is 34.1 Å². The van der Waals surface area contributed by atoms with Crippen LogP contribution in [-0.2, 0) is 16.2 Å². The maximum Gasteiger partial charge on any atom is 0.297 e. The third-order valence-electron chi connectivity index (χ3n) is 14.1. The smallest absolute Gasteiger partial charge is 0.297 e. The molecular formula is C57H53BN2O. The summed E-state index contributed by atoms with van der Waals surface area (Å²) < 4.78 is 7.33. The Hall–Kier alpha value is -6.26. The summed E-state index contributed by atoms with van der Waals surface area (Å²) in [5, 5.41) is 1.13. The first-order chi connectivity index (χ1) is 29.3. The van der Waals surface area contributed by atoms with Crippen molar-refractivity contribution >= 4 is 68.4 Å². The number of benzene rings is 7. The molecule has 3 heterocycles. The lowest BCUT2D eigenvalue weighted by atomic mass is 9.35. The minimum absolute atomic E-state index is 0.0155. The maximum atomic E-state index is 7.33. The van der Waals surface area contributed by atoms with Crippen LogP contribution in [0.5, 0.6) is 0 Å². The maximum absolute atomic E-state index is 7.33. The first kappa shape index (κ1) is 37.7. The lowest BCUT2D eigenvalue weighted by Gasteiger charge is -2.47. The van der Waals surface area contributed by atoms with E-state index in [1.807, 2.05) is 0 Å². The largest absolute Gasteiger partial charge is 0.468 e. The molecule has 1 aliphatic carbocycles. The SMILES string of the molecule is Cc1cc2c3c(c1)N(c1ccccc1)c1c(oc4ccc(-c5ccccc5)cc14)B3c1cc3c(cc1N2c1ccc(C(C)(C)C)cc1-c1ccccc1)C(C)(C)CCC3(C)C. The highest BCUT2D eigenvalue weighted by Crippen LogP contribution is 2.52. The van der Waals surface area contributed by atoms with Gasteiger partial charge in [0.25, 0.3) is 6.71 Å². The van der Waals surface area contributed by atoms with E-state index in [2.05, 4.69) is 217 Å². The normalized spacial score (nSPS) is 15.9. The molecule has 0 radical (unpaired) electrons. The fourth-order valence-electron chi connectivity index (χ4n) is 10.6. The second kappa shape index (κ2) is 13.4. The predicted molar refractivity (Wildman–Crippen MR) is 260 cm³/mol. The van der Waals surface area contributed by atoms with Crippen LogP contribution >= 0.6 is 0 Å². The van der Waals surface area contributed by atoms with Crippen molar-refractivity contribution in [2.75, 3.05) is 9.80 Å². The minimum Gasteiger partial charge on any atom is -0.468 e. The van der Waals surface area contributed by atoms with Gasteiger partial charge < -0.3 is 14.2 Å². The number of fused-ring (bicyclic) bond motifs is 7. The molecule has 0 bridgehead atoms. The van der Waals surface area contributed by atoms with Gasteiger partial charge in [0.1, 0.15) is 5.58 Å². The second-order valence-corrected chi connectivity index (χ2v) is 20.1. The molecule has 0 N–H and O–H groups in total. The van der Waals surface area contributed by atoms with Gasteiger partial charge in [0, 0.05) is 33.7 Å². The van der Waals surface area contributed by atoms with E-state index < -0.39 is 0 Å². The van der Waals surface area contributed by atoms with Gasteiger partial charge in [0.2, 0.25) is 0 Å². The Morgan fingerprint density at radius 1 is 0.557 bits per heavy atom. The molecule has 0 saturated carbocycles. The van der Waals surface area contributed by atoms with E-state index in [0.29, 0.717) is 0 Å². The van der Waals surface area contributed by atoms with Gasteiger partial charge in [-0.25, -0.2) is 0 Å². The van der Waals surface area contributed by atoms with Crippen LogP contribution in [0, 0.1) is 6.92 Å². The number of furan rings is 1. The van der Waals surface area contributed by atoms with Crippen molar-refractivity contribution in [3.8, 4) is 22.3 Å². The molecule has 61 heavy (non-hydrogen) atoms. The highest BCUT2D eigenvalue weighted by atomic mass is 16.3. The highest BCUT2D eigenvalue weighted by Gasteiger charge is 2.49. The summed E-state index contributed by atoms with van der Waals surface area (Å²) in [6.45, 7) is 18.9. The highest BCUT2D eigenvalue weighted by molar-refractivity contribution is 7.00. The van der Waals surface area contributed by atoms with Gasteiger partial charge in [-0.1, -0.05) is 146 Å². The fraction of sp³-hybridized carbons (Fsp3) is 0.228. The predicted octanol–water partition coefficient (Wildman–Crippen LogP) is 13.8. The number of anilines is 6. The standard InChI is InChI=1S/C57H53BN2O/c1-36-30-49-52-50(31-36)60(47-26-25-40(55(2,3)4)33-42(47)38-20-14-10-15-21-38)48-35-45-44(56(5,6)28-29-57(45,7)8)34-46(48)58(52)54-53(59(49)41-22-16-11-17-23-41)43-32-39(24-27-51(43)61-54)37-18-12-9-13-19-37/h9-27,30-35H,28-29H2,1-8H3. The molecule has 11 rings (SSSR count). The van der Waals surface area contributed by atoms with Crippen molar-refractivity contribution in [2.45, 2.75) is 84.5 Å². The number of hydrogen-bond acceptors (Lipinski definition) is 3. The molecule has 2 aliphatic heterocycles. The van der Waals surface area contributed by atoms with E-state index in [9.17, 15) is 0 Å². The van der Waals surface area contributed by atoms with E-state index in [4.69, 9.17) is 4.42 Å². The Morgan fingerprint density at radius 3 is 1.82 bits per heavy atom. The number of aryl methyl sites for hydroxylation is 1. The average molecular weight is 793 g/mol. The lowest BCUT2D eigenvalue weighted by Crippen LogP contribution is -2.61. The molecule has 8 aromatic rings. The molecular weight excluding hydrogens is 739 g/mol. The molecule has 7 aromatic carbocycles. The topological polar surface area (TPSA) is 19.6 Å². The van der Waals surface area contributed by atoms with E-state index in [0.717, 1.165) is 40.8 Å². The van der Waals surface area contributed by atoms with Gasteiger partial charge in [0.05, 0.1) is 17.0 Å². The molecule has 0 fully saturated rings. The molecule has 0 unspecified atom stereocenters.